The molecule has 0 atom stereocenters. The Morgan fingerprint density at radius 3 is 2.82 bits per heavy atom. The van der Waals surface area contributed by atoms with Crippen LogP contribution >= 0.6 is 0 Å². The molecule has 96 valence electrons. The van der Waals surface area contributed by atoms with E-state index in [1.54, 1.807) is 6.20 Å². The van der Waals surface area contributed by atoms with Gasteiger partial charge in [0.1, 0.15) is 12.2 Å². The van der Waals surface area contributed by atoms with E-state index in [-0.39, 0.29) is 19.1 Å². The van der Waals surface area contributed by atoms with Crippen molar-refractivity contribution >= 4 is 5.91 Å². The summed E-state index contributed by atoms with van der Waals surface area (Å²) in [4.78, 5) is 13.7. The van der Waals surface area contributed by atoms with Crippen LogP contribution < -0.4 is 0 Å². The Balaban J connectivity index is 2.51. The molecule has 1 heterocycles. The summed E-state index contributed by atoms with van der Waals surface area (Å²) in [6.07, 6.45) is 3.67. The molecule has 0 bridgehead atoms. The smallest absolute Gasteiger partial charge is 0.244 e. The highest BCUT2D eigenvalue weighted by molar-refractivity contribution is 5.75. The summed E-state index contributed by atoms with van der Waals surface area (Å²) in [5.74, 6) is 0.0374. The van der Waals surface area contributed by atoms with Gasteiger partial charge in [0.05, 0.1) is 12.8 Å². The van der Waals surface area contributed by atoms with Crippen molar-refractivity contribution in [3.63, 3.8) is 0 Å². The number of aromatic nitrogens is 3. The van der Waals surface area contributed by atoms with Gasteiger partial charge in [0.2, 0.25) is 5.91 Å². The van der Waals surface area contributed by atoms with E-state index in [1.165, 1.54) is 4.68 Å². The van der Waals surface area contributed by atoms with E-state index >= 15 is 0 Å². The van der Waals surface area contributed by atoms with E-state index in [4.69, 9.17) is 5.11 Å². The first-order chi connectivity index (χ1) is 8.21. The first kappa shape index (κ1) is 13.6. The lowest BCUT2D eigenvalue weighted by atomic mass is 10.3. The number of unbranched alkanes of at least 4 members (excludes halogenated alkanes) is 1. The lowest BCUT2D eigenvalue weighted by Crippen LogP contribution is -2.34. The second-order valence-electron chi connectivity index (χ2n) is 3.89. The van der Waals surface area contributed by atoms with Gasteiger partial charge in [-0.15, -0.1) is 5.10 Å². The molecule has 1 aromatic heterocycles. The Labute approximate surface area is 101 Å². The molecule has 0 aliphatic carbocycles. The van der Waals surface area contributed by atoms with E-state index in [1.807, 2.05) is 11.8 Å². The monoisotopic (exact) mass is 240 g/mol. The maximum atomic E-state index is 11.9. The van der Waals surface area contributed by atoms with Crippen molar-refractivity contribution in [3.8, 4) is 0 Å². The van der Waals surface area contributed by atoms with Gasteiger partial charge in [-0.2, -0.15) is 0 Å². The van der Waals surface area contributed by atoms with E-state index < -0.39 is 0 Å². The van der Waals surface area contributed by atoms with Gasteiger partial charge in [-0.3, -0.25) is 4.79 Å². The molecule has 0 spiro atoms. The van der Waals surface area contributed by atoms with Gasteiger partial charge in [0.15, 0.2) is 0 Å². The van der Waals surface area contributed by atoms with Crippen LogP contribution in [0.2, 0.25) is 0 Å². The summed E-state index contributed by atoms with van der Waals surface area (Å²) in [6.45, 7) is 5.59. The fourth-order valence-corrected chi connectivity index (χ4v) is 1.53. The quantitative estimate of drug-likeness (QED) is 0.749. The lowest BCUT2D eigenvalue weighted by molar-refractivity contribution is -0.131. The van der Waals surface area contributed by atoms with Crippen LogP contribution in [0.3, 0.4) is 0 Å². The molecular weight excluding hydrogens is 220 g/mol. The van der Waals surface area contributed by atoms with Crippen molar-refractivity contribution in [2.45, 2.75) is 39.8 Å². The summed E-state index contributed by atoms with van der Waals surface area (Å²) >= 11 is 0. The molecule has 6 heteroatoms. The predicted molar refractivity (Wildman–Crippen MR) is 63.1 cm³/mol. The molecule has 0 fully saturated rings. The van der Waals surface area contributed by atoms with E-state index in [9.17, 15) is 4.79 Å². The van der Waals surface area contributed by atoms with Crippen molar-refractivity contribution in [1.82, 2.24) is 19.9 Å². The first-order valence-electron chi connectivity index (χ1n) is 5.98. The minimum atomic E-state index is -0.151. The Bertz CT molecular complexity index is 351. The number of hydrogen-bond donors (Lipinski definition) is 1. The molecule has 0 aromatic carbocycles. The van der Waals surface area contributed by atoms with Gasteiger partial charge in [-0.05, 0) is 13.3 Å². The van der Waals surface area contributed by atoms with Crippen LogP contribution in [0.15, 0.2) is 6.20 Å². The zero-order valence-electron chi connectivity index (χ0n) is 10.5. The van der Waals surface area contributed by atoms with Gasteiger partial charge in [-0.1, -0.05) is 18.6 Å². The molecule has 0 aliphatic heterocycles. The topological polar surface area (TPSA) is 71.2 Å². The average molecular weight is 240 g/mol. The number of nitrogens with zero attached hydrogens (tertiary/aromatic N) is 4. The predicted octanol–water partition coefficient (Wildman–Crippen LogP) is 0.419. The maximum absolute atomic E-state index is 11.9. The molecule has 0 aliphatic rings. The Hall–Kier alpha value is -1.43. The standard InChI is InChI=1S/C11H20N4O2/c1-3-5-6-14(4-2)11(17)8-15-7-10(9-16)12-13-15/h7,16H,3-6,8-9H2,1-2H3. The van der Waals surface area contributed by atoms with E-state index in [0.29, 0.717) is 12.2 Å². The number of carbonyl (C=O) groups excluding carboxylic acids is 1. The molecule has 6 nitrogen and oxygen atoms in total. The van der Waals surface area contributed by atoms with Crippen LogP contribution in [0.25, 0.3) is 0 Å². The molecule has 1 amide bonds. The minimum Gasteiger partial charge on any atom is -0.390 e. The number of amides is 1. The zero-order chi connectivity index (χ0) is 12.7. The summed E-state index contributed by atoms with van der Waals surface area (Å²) < 4.78 is 1.46. The third-order valence-electron chi connectivity index (χ3n) is 2.56. The second-order valence-corrected chi connectivity index (χ2v) is 3.89. The summed E-state index contributed by atoms with van der Waals surface area (Å²) in [5.41, 5.74) is 0.481. The van der Waals surface area contributed by atoms with Crippen molar-refractivity contribution in [2.24, 2.45) is 0 Å². The van der Waals surface area contributed by atoms with Gasteiger partial charge >= 0.3 is 0 Å². The molecular formula is C11H20N4O2. The first-order valence-corrected chi connectivity index (χ1v) is 5.98. The number of aliphatic hydroxyl groups excluding tert-OH is 1. The molecule has 0 saturated heterocycles. The molecule has 1 rings (SSSR count). The van der Waals surface area contributed by atoms with Crippen molar-refractivity contribution in [2.75, 3.05) is 13.1 Å². The lowest BCUT2D eigenvalue weighted by Gasteiger charge is -2.20. The SMILES string of the molecule is CCCCN(CC)C(=O)Cn1cc(CO)nn1. The number of rotatable bonds is 7. The highest BCUT2D eigenvalue weighted by atomic mass is 16.3. The van der Waals surface area contributed by atoms with Crippen LogP contribution in [-0.4, -0.2) is 44.0 Å². The fraction of sp³-hybridized carbons (Fsp3) is 0.727. The van der Waals surface area contributed by atoms with Crippen LogP contribution in [0.1, 0.15) is 32.4 Å². The van der Waals surface area contributed by atoms with Crippen LogP contribution in [0.5, 0.6) is 0 Å². The average Bonchev–Trinajstić information content (AvgIpc) is 2.77. The second kappa shape index (κ2) is 7.01. The number of carbonyl (C=O) groups is 1. The zero-order valence-corrected chi connectivity index (χ0v) is 10.5. The number of likely N-dealkylation sites (N-methyl/N-ethyl adjacent to an activating group) is 1. The largest absolute Gasteiger partial charge is 0.390 e. The number of aliphatic hydroxyl groups is 1. The molecule has 17 heavy (non-hydrogen) atoms. The fourth-order valence-electron chi connectivity index (χ4n) is 1.53. The molecule has 0 saturated carbocycles. The molecule has 0 radical (unpaired) electrons. The van der Waals surface area contributed by atoms with E-state index in [2.05, 4.69) is 17.2 Å². The van der Waals surface area contributed by atoms with Crippen LogP contribution in [0, 0.1) is 0 Å². The maximum Gasteiger partial charge on any atom is 0.244 e. The van der Waals surface area contributed by atoms with Crippen molar-refractivity contribution in [3.05, 3.63) is 11.9 Å². The van der Waals surface area contributed by atoms with Gasteiger partial charge in [-0.25, -0.2) is 4.68 Å². The van der Waals surface area contributed by atoms with Crippen LogP contribution in [0.4, 0.5) is 0 Å². The van der Waals surface area contributed by atoms with Gasteiger partial charge in [0.25, 0.3) is 0 Å². The number of hydrogen-bond acceptors (Lipinski definition) is 4. The summed E-state index contributed by atoms with van der Waals surface area (Å²) in [5, 5.41) is 16.4. The summed E-state index contributed by atoms with van der Waals surface area (Å²) in [7, 11) is 0. The normalized spacial score (nSPS) is 10.5. The molecule has 0 unspecified atom stereocenters. The molecule has 1 aromatic rings. The Morgan fingerprint density at radius 1 is 1.53 bits per heavy atom. The summed E-state index contributed by atoms with van der Waals surface area (Å²) in [6, 6.07) is 0. The van der Waals surface area contributed by atoms with E-state index in [0.717, 1.165) is 19.4 Å². The van der Waals surface area contributed by atoms with Crippen molar-refractivity contribution in [1.29, 1.82) is 0 Å². The highest BCUT2D eigenvalue weighted by Gasteiger charge is 2.12. The van der Waals surface area contributed by atoms with Gasteiger partial charge < -0.3 is 10.0 Å². The minimum absolute atomic E-state index is 0.0374. The third-order valence-corrected chi connectivity index (χ3v) is 2.56. The van der Waals surface area contributed by atoms with Gasteiger partial charge in [0, 0.05) is 13.1 Å². The third kappa shape index (κ3) is 4.14. The highest BCUT2D eigenvalue weighted by Crippen LogP contribution is 1.99. The Kier molecular flexibility index (Phi) is 5.62. The van der Waals surface area contributed by atoms with Crippen LogP contribution in [-0.2, 0) is 17.9 Å². The van der Waals surface area contributed by atoms with Crippen molar-refractivity contribution < 1.29 is 9.90 Å². The molecule has 1 N–H and O–H groups in total. The Morgan fingerprint density at radius 2 is 2.29 bits per heavy atom.